The Bertz CT molecular complexity index is 581. The highest BCUT2D eigenvalue weighted by molar-refractivity contribution is 5.89. The lowest BCUT2D eigenvalue weighted by molar-refractivity contribution is -0.254. The average molecular weight is 284 g/mol. The topological polar surface area (TPSA) is 44.1 Å². The number of hydrogen-bond donors (Lipinski definition) is 0. The summed E-state index contributed by atoms with van der Waals surface area (Å²) < 4.78 is 45.8. The molecule has 0 bridgehead atoms. The summed E-state index contributed by atoms with van der Waals surface area (Å²) in [5.41, 5.74) is -3.38. The molecule has 20 heavy (non-hydrogen) atoms. The van der Waals surface area contributed by atoms with E-state index in [-0.39, 0.29) is 5.56 Å². The molecular formula is C13H11F3N2O2. The standard InChI is InChI=1S/C13H11F3N2O2/c1-20-12(13(14,15)16,10-6-3-2-4-7-10)11(19)18-9-5-8-17-18/h2-9H,1H3/t12-/m0/s1. The minimum atomic E-state index is -4.92. The first-order valence-electron chi connectivity index (χ1n) is 5.65. The first kappa shape index (κ1) is 14.3. The van der Waals surface area contributed by atoms with Gasteiger partial charge in [-0.1, -0.05) is 30.3 Å². The molecule has 7 heteroatoms. The number of carbonyl (C=O) groups excluding carboxylic acids is 1. The normalized spacial score (nSPS) is 14.8. The van der Waals surface area contributed by atoms with E-state index in [9.17, 15) is 18.0 Å². The van der Waals surface area contributed by atoms with Gasteiger partial charge in [0.05, 0.1) is 0 Å². The molecule has 0 unspecified atom stereocenters. The van der Waals surface area contributed by atoms with Crippen LogP contribution in [0.15, 0.2) is 48.8 Å². The van der Waals surface area contributed by atoms with Gasteiger partial charge < -0.3 is 4.74 Å². The molecule has 0 amide bonds. The lowest BCUT2D eigenvalue weighted by atomic mass is 9.91. The first-order valence-corrected chi connectivity index (χ1v) is 5.65. The molecule has 0 saturated carbocycles. The van der Waals surface area contributed by atoms with Crippen LogP contribution in [0.5, 0.6) is 0 Å². The molecule has 106 valence electrons. The van der Waals surface area contributed by atoms with Crippen LogP contribution >= 0.6 is 0 Å². The Balaban J connectivity index is 2.64. The van der Waals surface area contributed by atoms with E-state index < -0.39 is 17.7 Å². The van der Waals surface area contributed by atoms with E-state index in [1.807, 2.05) is 0 Å². The van der Waals surface area contributed by atoms with E-state index in [1.54, 1.807) is 6.07 Å². The highest BCUT2D eigenvalue weighted by Gasteiger charge is 2.63. The molecule has 1 heterocycles. The molecule has 0 spiro atoms. The van der Waals surface area contributed by atoms with E-state index in [0.717, 1.165) is 13.3 Å². The number of hydrogen-bond acceptors (Lipinski definition) is 3. The molecule has 0 saturated heterocycles. The van der Waals surface area contributed by atoms with Crippen molar-refractivity contribution in [2.45, 2.75) is 11.8 Å². The second-order valence-electron chi connectivity index (χ2n) is 4.00. The fraction of sp³-hybridized carbons (Fsp3) is 0.231. The van der Waals surface area contributed by atoms with Crippen molar-refractivity contribution >= 4 is 5.91 Å². The quantitative estimate of drug-likeness (QED) is 0.870. The van der Waals surface area contributed by atoms with Crippen LogP contribution in [0.1, 0.15) is 10.4 Å². The van der Waals surface area contributed by atoms with E-state index in [1.165, 1.54) is 36.5 Å². The zero-order valence-electron chi connectivity index (χ0n) is 10.5. The van der Waals surface area contributed by atoms with E-state index in [0.29, 0.717) is 4.68 Å². The fourth-order valence-electron chi connectivity index (χ4n) is 1.95. The molecule has 2 aromatic rings. The van der Waals surface area contributed by atoms with Crippen LogP contribution < -0.4 is 0 Å². The monoisotopic (exact) mass is 284 g/mol. The summed E-state index contributed by atoms with van der Waals surface area (Å²) >= 11 is 0. The van der Waals surface area contributed by atoms with Crippen molar-refractivity contribution in [1.29, 1.82) is 0 Å². The van der Waals surface area contributed by atoms with Crippen LogP contribution in [0.4, 0.5) is 13.2 Å². The average Bonchev–Trinajstić information content (AvgIpc) is 2.93. The Kier molecular flexibility index (Phi) is 3.63. The van der Waals surface area contributed by atoms with Crippen molar-refractivity contribution in [3.05, 3.63) is 54.4 Å². The van der Waals surface area contributed by atoms with Crippen LogP contribution in [0.3, 0.4) is 0 Å². The summed E-state index contributed by atoms with van der Waals surface area (Å²) in [7, 11) is 0.849. The van der Waals surface area contributed by atoms with Gasteiger partial charge in [-0.3, -0.25) is 4.79 Å². The lowest BCUT2D eigenvalue weighted by Gasteiger charge is -2.32. The fourth-order valence-corrected chi connectivity index (χ4v) is 1.95. The van der Waals surface area contributed by atoms with Crippen molar-refractivity contribution in [1.82, 2.24) is 9.78 Å². The first-order chi connectivity index (χ1) is 9.43. The summed E-state index contributed by atoms with van der Waals surface area (Å²) in [6, 6.07) is 8.12. The Morgan fingerprint density at radius 3 is 2.30 bits per heavy atom. The minimum Gasteiger partial charge on any atom is -0.356 e. The van der Waals surface area contributed by atoms with Crippen molar-refractivity contribution < 1.29 is 22.7 Å². The van der Waals surface area contributed by atoms with Gasteiger partial charge in [-0.25, -0.2) is 4.68 Å². The third-order valence-electron chi connectivity index (χ3n) is 2.90. The molecule has 0 radical (unpaired) electrons. The Morgan fingerprint density at radius 2 is 1.85 bits per heavy atom. The predicted octanol–water partition coefficient (Wildman–Crippen LogP) is 2.63. The largest absolute Gasteiger partial charge is 0.431 e. The number of aromatic nitrogens is 2. The van der Waals surface area contributed by atoms with Gasteiger partial charge in [0, 0.05) is 25.1 Å². The number of ether oxygens (including phenoxy) is 1. The number of alkyl halides is 3. The number of rotatable bonds is 3. The summed E-state index contributed by atoms with van der Waals surface area (Å²) in [6.45, 7) is 0. The van der Waals surface area contributed by atoms with Crippen molar-refractivity contribution in [3.8, 4) is 0 Å². The third-order valence-corrected chi connectivity index (χ3v) is 2.90. The van der Waals surface area contributed by atoms with Crippen LogP contribution in [0.25, 0.3) is 0 Å². The van der Waals surface area contributed by atoms with Crippen LogP contribution in [0.2, 0.25) is 0 Å². The zero-order chi connectivity index (χ0) is 14.8. The predicted molar refractivity (Wildman–Crippen MR) is 64.0 cm³/mol. The van der Waals surface area contributed by atoms with Crippen molar-refractivity contribution in [3.63, 3.8) is 0 Å². The maximum absolute atomic E-state index is 13.5. The Morgan fingerprint density at radius 1 is 1.20 bits per heavy atom. The molecule has 2 rings (SSSR count). The highest BCUT2D eigenvalue weighted by atomic mass is 19.4. The second-order valence-corrected chi connectivity index (χ2v) is 4.00. The minimum absolute atomic E-state index is 0.296. The summed E-state index contributed by atoms with van der Waals surface area (Å²) in [6.07, 6.45) is -2.56. The summed E-state index contributed by atoms with van der Waals surface area (Å²) in [4.78, 5) is 12.3. The molecule has 0 fully saturated rings. The number of halogens is 3. The van der Waals surface area contributed by atoms with Crippen LogP contribution in [-0.4, -0.2) is 29.0 Å². The van der Waals surface area contributed by atoms with Crippen molar-refractivity contribution in [2.24, 2.45) is 0 Å². The number of methoxy groups -OCH3 is 1. The number of carbonyl (C=O) groups is 1. The zero-order valence-corrected chi connectivity index (χ0v) is 10.5. The maximum Gasteiger partial charge on any atom is 0.431 e. The molecule has 0 N–H and O–H groups in total. The molecular weight excluding hydrogens is 273 g/mol. The maximum atomic E-state index is 13.5. The van der Waals surface area contributed by atoms with Gasteiger partial charge in [0.25, 0.3) is 11.5 Å². The van der Waals surface area contributed by atoms with Gasteiger partial charge in [0.2, 0.25) is 0 Å². The summed E-state index contributed by atoms with van der Waals surface area (Å²) in [5, 5.41) is 3.56. The Hall–Kier alpha value is -2.15. The van der Waals surface area contributed by atoms with Gasteiger partial charge >= 0.3 is 6.18 Å². The molecule has 1 aromatic carbocycles. The van der Waals surface area contributed by atoms with Crippen LogP contribution in [0, 0.1) is 0 Å². The number of benzene rings is 1. The molecule has 0 aliphatic heterocycles. The summed E-state index contributed by atoms with van der Waals surface area (Å²) in [5.74, 6) is -1.32. The van der Waals surface area contributed by atoms with Gasteiger partial charge in [-0.15, -0.1) is 0 Å². The lowest BCUT2D eigenvalue weighted by Crippen LogP contribution is -2.53. The molecule has 4 nitrogen and oxygen atoms in total. The van der Waals surface area contributed by atoms with Gasteiger partial charge in [-0.05, 0) is 6.07 Å². The van der Waals surface area contributed by atoms with E-state index in [4.69, 9.17) is 0 Å². The third kappa shape index (κ3) is 2.09. The molecule has 0 aliphatic carbocycles. The van der Waals surface area contributed by atoms with Crippen LogP contribution in [-0.2, 0) is 10.3 Å². The SMILES string of the molecule is CO[C@](C(=O)n1cccn1)(c1ccccc1)C(F)(F)F. The van der Waals surface area contributed by atoms with E-state index >= 15 is 0 Å². The number of nitrogens with zero attached hydrogens (tertiary/aromatic N) is 2. The molecule has 1 aromatic heterocycles. The van der Waals surface area contributed by atoms with Gasteiger partial charge in [0.15, 0.2) is 0 Å². The second kappa shape index (κ2) is 5.09. The van der Waals surface area contributed by atoms with Gasteiger partial charge in [0.1, 0.15) is 0 Å². The molecule has 0 aliphatic rings. The van der Waals surface area contributed by atoms with Crippen molar-refractivity contribution in [2.75, 3.05) is 7.11 Å². The van der Waals surface area contributed by atoms with Gasteiger partial charge in [-0.2, -0.15) is 18.3 Å². The Labute approximate surface area is 112 Å². The van der Waals surface area contributed by atoms with E-state index in [2.05, 4.69) is 9.84 Å². The highest BCUT2D eigenvalue weighted by Crippen LogP contribution is 2.42. The molecule has 1 atom stereocenters. The smallest absolute Gasteiger partial charge is 0.356 e.